The molecule has 0 saturated carbocycles. The summed E-state index contributed by atoms with van der Waals surface area (Å²) in [6, 6.07) is 11.3. The molecule has 1 aliphatic heterocycles. The molecule has 0 aromatic heterocycles. The van der Waals surface area contributed by atoms with Gasteiger partial charge in [-0.2, -0.15) is 10.1 Å². The number of nitrogens with zero attached hydrogens (tertiary/aromatic N) is 2. The summed E-state index contributed by atoms with van der Waals surface area (Å²) in [7, 11) is 2.77. The largest absolute Gasteiger partial charge is 0.504 e. The lowest BCUT2D eigenvalue weighted by Gasteiger charge is -2.12. The molecule has 1 heterocycles. The minimum absolute atomic E-state index is 0.114. The van der Waals surface area contributed by atoms with Crippen LogP contribution in [0.4, 0.5) is 5.69 Å². The summed E-state index contributed by atoms with van der Waals surface area (Å²) in [6.07, 6.45) is 1.35. The van der Waals surface area contributed by atoms with Gasteiger partial charge in [-0.1, -0.05) is 18.2 Å². The first-order chi connectivity index (χ1) is 13.0. The Bertz CT molecular complexity index is 966. The number of anilines is 1. The van der Waals surface area contributed by atoms with E-state index in [0.717, 1.165) is 5.01 Å². The van der Waals surface area contributed by atoms with E-state index in [2.05, 4.69) is 5.10 Å². The first-order valence-corrected chi connectivity index (χ1v) is 7.84. The van der Waals surface area contributed by atoms with Crippen LogP contribution in [0.2, 0.25) is 0 Å². The number of phenolic OH excluding ortho intramolecular Hbond substituents is 1. The Kier molecular flexibility index (Phi) is 4.80. The van der Waals surface area contributed by atoms with Crippen molar-refractivity contribution in [3.63, 3.8) is 0 Å². The maximum Gasteiger partial charge on any atom is 0.357 e. The predicted octanol–water partition coefficient (Wildman–Crippen LogP) is 2.28. The Morgan fingerprint density at radius 3 is 2.37 bits per heavy atom. The molecule has 0 bridgehead atoms. The molecule has 0 unspecified atom stereocenters. The number of ether oxygens (including phenoxy) is 2. The Hall–Kier alpha value is -3.81. The summed E-state index contributed by atoms with van der Waals surface area (Å²) >= 11 is 0. The van der Waals surface area contributed by atoms with E-state index in [1.165, 1.54) is 32.4 Å². The van der Waals surface area contributed by atoms with Crippen LogP contribution >= 0.6 is 0 Å². The van der Waals surface area contributed by atoms with E-state index in [1.54, 1.807) is 30.3 Å². The molecule has 0 saturated heterocycles. The fourth-order valence-electron chi connectivity index (χ4n) is 2.62. The second-order valence-electron chi connectivity index (χ2n) is 5.53. The van der Waals surface area contributed by atoms with Crippen LogP contribution in [-0.2, 0) is 9.59 Å². The minimum atomic E-state index is -1.34. The normalized spacial score (nSPS) is 15.0. The Morgan fingerprint density at radius 2 is 1.78 bits per heavy atom. The van der Waals surface area contributed by atoms with Crippen molar-refractivity contribution in [2.75, 3.05) is 19.2 Å². The van der Waals surface area contributed by atoms with Gasteiger partial charge in [0.2, 0.25) is 0 Å². The summed E-state index contributed by atoms with van der Waals surface area (Å²) < 4.78 is 10.3. The maximum absolute atomic E-state index is 12.8. The van der Waals surface area contributed by atoms with Crippen LogP contribution in [-0.4, -0.2) is 42.0 Å². The zero-order valence-electron chi connectivity index (χ0n) is 14.5. The fourth-order valence-corrected chi connectivity index (χ4v) is 2.62. The van der Waals surface area contributed by atoms with Gasteiger partial charge in [-0.3, -0.25) is 4.79 Å². The number of rotatable bonds is 5. The summed E-state index contributed by atoms with van der Waals surface area (Å²) in [5, 5.41) is 24.3. The second kappa shape index (κ2) is 7.20. The third-order valence-corrected chi connectivity index (χ3v) is 3.91. The summed E-state index contributed by atoms with van der Waals surface area (Å²) in [4.78, 5) is 24.4. The lowest BCUT2D eigenvalue weighted by atomic mass is 10.0. The van der Waals surface area contributed by atoms with Crippen molar-refractivity contribution in [1.82, 2.24) is 0 Å². The number of amides is 1. The number of carboxylic acids is 1. The Labute approximate surface area is 154 Å². The molecule has 0 spiro atoms. The molecule has 2 aromatic carbocycles. The molecule has 138 valence electrons. The molecule has 3 rings (SSSR count). The topological polar surface area (TPSA) is 109 Å². The Morgan fingerprint density at radius 1 is 1.11 bits per heavy atom. The number of hydrogen-bond donors (Lipinski definition) is 2. The molecule has 1 aliphatic rings. The average Bonchev–Trinajstić information content (AvgIpc) is 3.00. The van der Waals surface area contributed by atoms with Crippen molar-refractivity contribution in [3.8, 4) is 17.2 Å². The number of phenols is 1. The van der Waals surface area contributed by atoms with E-state index in [-0.39, 0.29) is 22.8 Å². The number of aromatic hydroxyl groups is 1. The number of aliphatic carboxylic acids is 1. The molecule has 2 N–H and O–H groups in total. The summed E-state index contributed by atoms with van der Waals surface area (Å²) in [5.74, 6) is -1.67. The number of carboxylic acid groups (broad SMARTS) is 1. The second-order valence-corrected chi connectivity index (χ2v) is 5.53. The summed E-state index contributed by atoms with van der Waals surface area (Å²) in [5.41, 5.74) is 0.301. The third-order valence-electron chi connectivity index (χ3n) is 3.91. The lowest BCUT2D eigenvalue weighted by molar-refractivity contribution is -0.129. The van der Waals surface area contributed by atoms with Gasteiger partial charge in [-0.25, -0.2) is 4.79 Å². The van der Waals surface area contributed by atoms with Gasteiger partial charge in [-0.05, 0) is 24.3 Å². The van der Waals surface area contributed by atoms with Gasteiger partial charge < -0.3 is 19.7 Å². The number of para-hydroxylation sites is 1. The molecule has 8 nitrogen and oxygen atoms in total. The van der Waals surface area contributed by atoms with Crippen molar-refractivity contribution in [2.45, 2.75) is 0 Å². The zero-order chi connectivity index (χ0) is 19.6. The third kappa shape index (κ3) is 3.32. The van der Waals surface area contributed by atoms with Gasteiger partial charge in [0.1, 0.15) is 5.75 Å². The van der Waals surface area contributed by atoms with E-state index in [1.807, 2.05) is 0 Å². The highest BCUT2D eigenvalue weighted by molar-refractivity contribution is 6.53. The van der Waals surface area contributed by atoms with Gasteiger partial charge in [0.05, 0.1) is 25.5 Å². The molecule has 0 fully saturated rings. The van der Waals surface area contributed by atoms with Crippen LogP contribution in [0.15, 0.2) is 53.1 Å². The number of carbonyl (C=O) groups excluding carboxylic acids is 1. The fraction of sp³-hybridized carbons (Fsp3) is 0.105. The molecular formula is C19H16N2O6. The van der Waals surface area contributed by atoms with Crippen LogP contribution < -0.4 is 14.5 Å². The molecular weight excluding hydrogens is 352 g/mol. The number of carbonyl (C=O) groups is 2. The maximum atomic E-state index is 12.8. The lowest BCUT2D eigenvalue weighted by Crippen LogP contribution is -2.22. The highest BCUT2D eigenvalue weighted by Crippen LogP contribution is 2.36. The van der Waals surface area contributed by atoms with E-state index in [9.17, 15) is 19.8 Å². The van der Waals surface area contributed by atoms with Crippen LogP contribution in [0, 0.1) is 0 Å². The van der Waals surface area contributed by atoms with Gasteiger partial charge in [-0.15, -0.1) is 0 Å². The minimum Gasteiger partial charge on any atom is -0.504 e. The SMILES string of the molecule is COc1cc(/C=C2\C(=O)N(c3ccccc3)N=C2C(=O)O)c(OC)cc1O. The molecule has 1 amide bonds. The number of hydrazone groups is 1. The van der Waals surface area contributed by atoms with Crippen molar-refractivity contribution >= 4 is 29.4 Å². The highest BCUT2D eigenvalue weighted by Gasteiger charge is 2.35. The van der Waals surface area contributed by atoms with Crippen LogP contribution in [0.5, 0.6) is 17.2 Å². The van der Waals surface area contributed by atoms with Crippen molar-refractivity contribution < 1.29 is 29.3 Å². The van der Waals surface area contributed by atoms with Gasteiger partial charge >= 0.3 is 5.97 Å². The number of hydrogen-bond acceptors (Lipinski definition) is 6. The monoisotopic (exact) mass is 368 g/mol. The first kappa shape index (κ1) is 18.0. The Balaban J connectivity index is 2.12. The molecule has 27 heavy (non-hydrogen) atoms. The van der Waals surface area contributed by atoms with E-state index >= 15 is 0 Å². The van der Waals surface area contributed by atoms with Crippen molar-refractivity contribution in [3.05, 3.63) is 53.6 Å². The van der Waals surface area contributed by atoms with Crippen LogP contribution in [0.3, 0.4) is 0 Å². The molecule has 8 heteroatoms. The smallest absolute Gasteiger partial charge is 0.357 e. The molecule has 0 atom stereocenters. The molecule has 0 radical (unpaired) electrons. The predicted molar refractivity (Wildman–Crippen MR) is 98.2 cm³/mol. The van der Waals surface area contributed by atoms with Crippen LogP contribution in [0.1, 0.15) is 5.56 Å². The number of methoxy groups -OCH3 is 2. The zero-order valence-corrected chi connectivity index (χ0v) is 14.5. The molecule has 0 aliphatic carbocycles. The average molecular weight is 368 g/mol. The first-order valence-electron chi connectivity index (χ1n) is 7.84. The standard InChI is InChI=1S/C19H16N2O6/c1-26-15-10-14(22)16(27-2)9-11(15)8-13-17(19(24)25)20-21(18(13)23)12-6-4-3-5-7-12/h3-10,22H,1-2H3,(H,24,25)/b13-8-. The highest BCUT2D eigenvalue weighted by atomic mass is 16.5. The van der Waals surface area contributed by atoms with E-state index < -0.39 is 17.6 Å². The van der Waals surface area contributed by atoms with Crippen molar-refractivity contribution in [1.29, 1.82) is 0 Å². The van der Waals surface area contributed by atoms with Crippen molar-refractivity contribution in [2.24, 2.45) is 5.10 Å². The van der Waals surface area contributed by atoms with Gasteiger partial charge in [0.15, 0.2) is 17.2 Å². The van der Waals surface area contributed by atoms with Gasteiger partial charge in [0.25, 0.3) is 5.91 Å². The number of benzene rings is 2. The van der Waals surface area contributed by atoms with Crippen LogP contribution in [0.25, 0.3) is 6.08 Å². The van der Waals surface area contributed by atoms with E-state index in [0.29, 0.717) is 11.3 Å². The summed E-state index contributed by atoms with van der Waals surface area (Å²) in [6.45, 7) is 0. The quantitative estimate of drug-likeness (QED) is 0.784. The van der Waals surface area contributed by atoms with E-state index in [4.69, 9.17) is 9.47 Å². The van der Waals surface area contributed by atoms with Gasteiger partial charge in [0, 0.05) is 11.6 Å². The molecule has 2 aromatic rings.